The zero-order chi connectivity index (χ0) is 42.4. The fraction of sp³-hybridized carbons (Fsp3) is 0.0323. The van der Waals surface area contributed by atoms with Crippen molar-refractivity contribution >= 4 is 22.6 Å². The lowest BCUT2D eigenvalue weighted by molar-refractivity contribution is 0.733. The Morgan fingerprint density at radius 1 is 0.365 bits per heavy atom. The summed E-state index contributed by atoms with van der Waals surface area (Å²) in [6.45, 7) is 4.66. The number of allylic oxidation sites excluding steroid dienone is 5. The van der Waals surface area contributed by atoms with Crippen molar-refractivity contribution in [1.82, 2.24) is 0 Å². The molecule has 10 rings (SSSR count). The van der Waals surface area contributed by atoms with Crippen LogP contribution in [-0.2, 0) is 11.8 Å². The molecule has 0 saturated heterocycles. The average Bonchev–Trinajstić information content (AvgIpc) is 3.38. The number of anilines is 3. The van der Waals surface area contributed by atoms with Gasteiger partial charge in [-0.1, -0.05) is 237 Å². The third-order valence-corrected chi connectivity index (χ3v) is 12.4. The van der Waals surface area contributed by atoms with Gasteiger partial charge in [0.15, 0.2) is 0 Å². The summed E-state index contributed by atoms with van der Waals surface area (Å²) in [5.74, 6) is 0. The molecule has 0 aromatic heterocycles. The predicted octanol–water partition coefficient (Wildman–Crippen LogP) is 16.2. The lowest BCUT2D eigenvalue weighted by Crippen LogP contribution is -2.33. The monoisotopic (exact) mass is 805 g/mol. The van der Waals surface area contributed by atoms with E-state index in [9.17, 15) is 0 Å². The molecule has 0 saturated carbocycles. The van der Waals surface area contributed by atoms with Gasteiger partial charge in [0.25, 0.3) is 0 Å². The predicted molar refractivity (Wildman–Crippen MR) is 267 cm³/mol. The van der Waals surface area contributed by atoms with Crippen LogP contribution >= 0.6 is 0 Å². The van der Waals surface area contributed by atoms with Crippen molar-refractivity contribution in [2.75, 3.05) is 4.90 Å². The van der Waals surface area contributed by atoms with Crippen LogP contribution in [0.1, 0.15) is 33.4 Å². The minimum atomic E-state index is -0.708. The summed E-state index contributed by atoms with van der Waals surface area (Å²) >= 11 is 0. The Labute approximate surface area is 371 Å². The zero-order valence-electron chi connectivity index (χ0n) is 35.2. The van der Waals surface area contributed by atoms with E-state index < -0.39 is 5.41 Å². The van der Waals surface area contributed by atoms with Crippen LogP contribution in [-0.4, -0.2) is 0 Å². The molecule has 1 atom stereocenters. The van der Waals surface area contributed by atoms with E-state index in [-0.39, 0.29) is 0 Å². The number of benzene rings is 9. The zero-order valence-corrected chi connectivity index (χ0v) is 35.2. The van der Waals surface area contributed by atoms with E-state index in [0.717, 1.165) is 40.2 Å². The van der Waals surface area contributed by atoms with Crippen LogP contribution in [0.4, 0.5) is 17.1 Å². The number of fused-ring (bicyclic) bond motifs is 2. The first kappa shape index (κ1) is 39.2. The van der Waals surface area contributed by atoms with Gasteiger partial charge in [0.2, 0.25) is 0 Å². The molecule has 0 amide bonds. The minimum Gasteiger partial charge on any atom is -0.310 e. The lowest BCUT2D eigenvalue weighted by atomic mass is 9.62. The van der Waals surface area contributed by atoms with Crippen molar-refractivity contribution in [1.29, 1.82) is 0 Å². The molecule has 0 fully saturated rings. The van der Waals surface area contributed by atoms with E-state index in [4.69, 9.17) is 0 Å². The quantitative estimate of drug-likeness (QED) is 0.148. The molecule has 0 spiro atoms. The van der Waals surface area contributed by atoms with Crippen LogP contribution in [0.3, 0.4) is 0 Å². The third-order valence-electron chi connectivity index (χ3n) is 12.4. The van der Waals surface area contributed by atoms with Gasteiger partial charge in [-0.25, -0.2) is 0 Å². The SMILES string of the molecule is C=C1/C=C\C=C/Cc2ccccc2C(c2ccc(-c3ccccc3)cc2)(c2ccc(N(c3ccc(-c4ccccc4)cc3)c3ccccc3-c3ccccc3)cc2)c2ccccc21. The summed E-state index contributed by atoms with van der Waals surface area (Å²) in [4.78, 5) is 2.40. The van der Waals surface area contributed by atoms with Crippen molar-refractivity contribution in [2.45, 2.75) is 11.8 Å². The molecule has 9 aromatic rings. The van der Waals surface area contributed by atoms with Crippen LogP contribution in [0.2, 0.25) is 0 Å². The summed E-state index contributed by atoms with van der Waals surface area (Å²) < 4.78 is 0. The maximum atomic E-state index is 4.66. The van der Waals surface area contributed by atoms with Gasteiger partial charge in [0.1, 0.15) is 0 Å². The van der Waals surface area contributed by atoms with Crippen LogP contribution in [0.5, 0.6) is 0 Å². The number of nitrogens with zero attached hydrogens (tertiary/aromatic N) is 1. The standard InChI is InChI=1S/C62H47N/c1-46-20-6-2-13-27-52-28-14-17-31-59(52)62(60-32-18-15-29-57(46)60,53-38-34-49(35-39-53)47-21-7-3-8-22-47)54-40-44-56(45-41-54)63(55-42-36-50(37-43-55)48-23-9-4-10-24-48)61-33-19-16-30-58(61)51-25-11-5-12-26-51/h2-26,28-45H,1,27H2/b13-2-,20-6-. The highest BCUT2D eigenvalue weighted by Crippen LogP contribution is 2.50. The minimum absolute atomic E-state index is 0.708. The Hall–Kier alpha value is -8.00. The number of para-hydroxylation sites is 1. The second-order valence-electron chi connectivity index (χ2n) is 16.1. The molecular formula is C62H47N. The normalized spacial score (nSPS) is 15.6. The summed E-state index contributed by atoms with van der Waals surface area (Å²) in [5.41, 5.74) is 17.8. The van der Waals surface area contributed by atoms with Gasteiger partial charge in [-0.2, -0.15) is 0 Å². The smallest absolute Gasteiger partial charge is 0.0710 e. The molecular weight excluding hydrogens is 759 g/mol. The molecule has 1 heteroatoms. The Kier molecular flexibility index (Phi) is 10.9. The van der Waals surface area contributed by atoms with Crippen molar-refractivity contribution in [3.05, 3.63) is 301 Å². The van der Waals surface area contributed by atoms with Crippen LogP contribution in [0, 0.1) is 0 Å². The van der Waals surface area contributed by atoms with Crippen LogP contribution in [0.15, 0.2) is 267 Å². The first-order valence-corrected chi connectivity index (χ1v) is 21.8. The van der Waals surface area contributed by atoms with E-state index in [2.05, 4.69) is 272 Å². The van der Waals surface area contributed by atoms with E-state index in [1.54, 1.807) is 0 Å². The highest BCUT2D eigenvalue weighted by molar-refractivity contribution is 5.89. The average molecular weight is 806 g/mol. The number of rotatable bonds is 8. The fourth-order valence-electron chi connectivity index (χ4n) is 9.42. The molecule has 1 nitrogen and oxygen atoms in total. The first-order chi connectivity index (χ1) is 31.2. The van der Waals surface area contributed by atoms with Gasteiger partial charge in [-0.3, -0.25) is 0 Å². The number of hydrogen-bond acceptors (Lipinski definition) is 1. The maximum Gasteiger partial charge on any atom is 0.0710 e. The molecule has 63 heavy (non-hydrogen) atoms. The number of hydrogen-bond donors (Lipinski definition) is 0. The first-order valence-electron chi connectivity index (χ1n) is 21.8. The van der Waals surface area contributed by atoms with Gasteiger partial charge in [0, 0.05) is 16.9 Å². The summed E-state index contributed by atoms with van der Waals surface area (Å²) in [7, 11) is 0. The molecule has 1 unspecified atom stereocenters. The summed E-state index contributed by atoms with van der Waals surface area (Å²) in [5, 5.41) is 0. The van der Waals surface area contributed by atoms with Crippen molar-refractivity contribution < 1.29 is 0 Å². The molecule has 0 N–H and O–H groups in total. The lowest BCUT2D eigenvalue weighted by Gasteiger charge is -2.40. The van der Waals surface area contributed by atoms with Crippen molar-refractivity contribution in [3.8, 4) is 33.4 Å². The van der Waals surface area contributed by atoms with Gasteiger partial charge in [-0.05, 0) is 104 Å². The van der Waals surface area contributed by atoms with E-state index >= 15 is 0 Å². The highest BCUT2D eigenvalue weighted by Gasteiger charge is 2.41. The highest BCUT2D eigenvalue weighted by atomic mass is 15.1. The van der Waals surface area contributed by atoms with Crippen molar-refractivity contribution in [3.63, 3.8) is 0 Å². The molecule has 0 bridgehead atoms. The second-order valence-corrected chi connectivity index (χ2v) is 16.1. The molecule has 1 aliphatic rings. The Balaban J connectivity index is 1.21. The molecule has 0 heterocycles. The molecule has 300 valence electrons. The van der Waals surface area contributed by atoms with Crippen molar-refractivity contribution in [2.24, 2.45) is 0 Å². The van der Waals surface area contributed by atoms with Gasteiger partial charge in [-0.15, -0.1) is 0 Å². The fourth-order valence-corrected chi connectivity index (χ4v) is 9.42. The van der Waals surface area contributed by atoms with E-state index in [1.807, 2.05) is 0 Å². The van der Waals surface area contributed by atoms with Gasteiger partial charge < -0.3 is 4.90 Å². The molecule has 9 aromatic carbocycles. The maximum absolute atomic E-state index is 4.66. The van der Waals surface area contributed by atoms with Crippen LogP contribution in [0.25, 0.3) is 39.0 Å². The molecule has 0 radical (unpaired) electrons. The van der Waals surface area contributed by atoms with E-state index in [1.165, 1.54) is 55.6 Å². The molecule has 0 aliphatic heterocycles. The largest absolute Gasteiger partial charge is 0.310 e. The third kappa shape index (κ3) is 7.56. The van der Waals surface area contributed by atoms with Gasteiger partial charge >= 0.3 is 0 Å². The van der Waals surface area contributed by atoms with Crippen LogP contribution < -0.4 is 4.90 Å². The Bertz CT molecular complexity index is 3050. The second kappa shape index (κ2) is 17.5. The molecule has 1 aliphatic carbocycles. The Morgan fingerprint density at radius 3 is 1.43 bits per heavy atom. The Morgan fingerprint density at radius 2 is 0.810 bits per heavy atom. The van der Waals surface area contributed by atoms with E-state index in [0.29, 0.717) is 0 Å². The summed E-state index contributed by atoms with van der Waals surface area (Å²) in [6, 6.07) is 86.1. The topological polar surface area (TPSA) is 3.24 Å². The van der Waals surface area contributed by atoms with Gasteiger partial charge in [0.05, 0.1) is 11.1 Å². The summed E-state index contributed by atoms with van der Waals surface area (Å²) in [6.07, 6.45) is 9.46.